The molecule has 78 valence electrons. The quantitative estimate of drug-likeness (QED) is 0.771. The van der Waals surface area contributed by atoms with Gasteiger partial charge >= 0.3 is 0 Å². The first-order valence-corrected chi connectivity index (χ1v) is 4.55. The molecule has 0 saturated heterocycles. The average Bonchev–Trinajstić information content (AvgIpc) is 2.08. The first kappa shape index (κ1) is 11.0. The molecular formula is C8H13ClN4O. The van der Waals surface area contributed by atoms with E-state index >= 15 is 0 Å². The van der Waals surface area contributed by atoms with Gasteiger partial charge in [0.2, 0.25) is 5.95 Å². The fourth-order valence-electron chi connectivity index (χ4n) is 1.12. The van der Waals surface area contributed by atoms with Gasteiger partial charge in [0.25, 0.3) is 0 Å². The summed E-state index contributed by atoms with van der Waals surface area (Å²) in [6, 6.07) is 0. The molecule has 0 saturated carbocycles. The van der Waals surface area contributed by atoms with Crippen LogP contribution in [0.4, 0.5) is 11.8 Å². The van der Waals surface area contributed by atoms with Crippen LogP contribution in [0.1, 0.15) is 6.92 Å². The van der Waals surface area contributed by atoms with Crippen LogP contribution in [0.3, 0.4) is 0 Å². The Kier molecular flexibility index (Phi) is 3.49. The minimum Gasteiger partial charge on any atom is -0.392 e. The van der Waals surface area contributed by atoms with Crippen LogP contribution in [0.15, 0.2) is 6.20 Å². The maximum Gasteiger partial charge on any atom is 0.222 e. The molecule has 0 bridgehead atoms. The van der Waals surface area contributed by atoms with Gasteiger partial charge in [-0.15, -0.1) is 0 Å². The SMILES string of the molecule is CC(O)CN(C)c1nc(N)ncc1Cl. The van der Waals surface area contributed by atoms with Crippen LogP contribution in [0.5, 0.6) is 0 Å². The number of anilines is 2. The topological polar surface area (TPSA) is 75.3 Å². The molecule has 0 amide bonds. The third kappa shape index (κ3) is 2.71. The highest BCUT2D eigenvalue weighted by Crippen LogP contribution is 2.21. The average molecular weight is 217 g/mol. The Morgan fingerprint density at radius 1 is 1.71 bits per heavy atom. The number of nitrogens with two attached hydrogens (primary N) is 1. The second kappa shape index (κ2) is 4.43. The third-order valence-electron chi connectivity index (χ3n) is 1.64. The third-order valence-corrected chi connectivity index (χ3v) is 1.91. The number of halogens is 1. The largest absolute Gasteiger partial charge is 0.392 e. The van der Waals surface area contributed by atoms with E-state index in [2.05, 4.69) is 9.97 Å². The van der Waals surface area contributed by atoms with Crippen molar-refractivity contribution in [1.29, 1.82) is 0 Å². The van der Waals surface area contributed by atoms with Crippen LogP contribution < -0.4 is 10.6 Å². The number of rotatable bonds is 3. The highest BCUT2D eigenvalue weighted by Gasteiger charge is 2.10. The van der Waals surface area contributed by atoms with Crippen LogP contribution >= 0.6 is 11.6 Å². The predicted octanol–water partition coefficient (Wildman–Crippen LogP) is 0.529. The van der Waals surface area contributed by atoms with Gasteiger partial charge in [-0.3, -0.25) is 0 Å². The van der Waals surface area contributed by atoms with Crippen LogP contribution in [0.25, 0.3) is 0 Å². The molecule has 5 nitrogen and oxygen atoms in total. The maximum absolute atomic E-state index is 9.18. The molecule has 1 aromatic heterocycles. The van der Waals surface area contributed by atoms with Gasteiger partial charge in [-0.1, -0.05) is 11.6 Å². The fraction of sp³-hybridized carbons (Fsp3) is 0.500. The number of nitrogens with zero attached hydrogens (tertiary/aromatic N) is 3. The molecular weight excluding hydrogens is 204 g/mol. The van der Waals surface area contributed by atoms with Crippen molar-refractivity contribution in [2.75, 3.05) is 24.2 Å². The van der Waals surface area contributed by atoms with Crippen molar-refractivity contribution in [2.45, 2.75) is 13.0 Å². The summed E-state index contributed by atoms with van der Waals surface area (Å²) in [5, 5.41) is 9.60. The van der Waals surface area contributed by atoms with E-state index in [9.17, 15) is 5.11 Å². The second-order valence-corrected chi connectivity index (χ2v) is 3.54. The lowest BCUT2D eigenvalue weighted by molar-refractivity contribution is 0.201. The van der Waals surface area contributed by atoms with E-state index in [1.165, 1.54) is 6.20 Å². The Labute approximate surface area is 87.5 Å². The van der Waals surface area contributed by atoms with Gasteiger partial charge in [0.1, 0.15) is 5.02 Å². The number of nitrogen functional groups attached to an aromatic ring is 1. The number of hydrogen-bond donors (Lipinski definition) is 2. The van der Waals surface area contributed by atoms with Crippen LogP contribution in [0.2, 0.25) is 5.02 Å². The lowest BCUT2D eigenvalue weighted by atomic mass is 10.3. The minimum atomic E-state index is -0.452. The van der Waals surface area contributed by atoms with Gasteiger partial charge < -0.3 is 15.7 Å². The first-order chi connectivity index (χ1) is 6.50. The minimum absolute atomic E-state index is 0.168. The van der Waals surface area contributed by atoms with Gasteiger partial charge in [0.15, 0.2) is 5.82 Å². The highest BCUT2D eigenvalue weighted by atomic mass is 35.5. The standard InChI is InChI=1S/C8H13ClN4O/c1-5(14)4-13(2)7-6(9)3-11-8(10)12-7/h3,5,14H,4H2,1-2H3,(H2,10,11,12). The molecule has 0 spiro atoms. The van der Waals surface area contributed by atoms with E-state index in [4.69, 9.17) is 17.3 Å². The fourth-order valence-corrected chi connectivity index (χ4v) is 1.36. The molecule has 0 aliphatic heterocycles. The lowest BCUT2D eigenvalue weighted by Crippen LogP contribution is -2.28. The Morgan fingerprint density at radius 2 is 2.36 bits per heavy atom. The Balaban J connectivity index is 2.88. The molecule has 1 atom stereocenters. The van der Waals surface area contributed by atoms with Crippen LogP contribution in [-0.4, -0.2) is 34.8 Å². The van der Waals surface area contributed by atoms with E-state index in [0.717, 1.165) is 0 Å². The van der Waals surface area contributed by atoms with Gasteiger partial charge in [-0.2, -0.15) is 4.98 Å². The summed E-state index contributed by atoms with van der Waals surface area (Å²) in [6.45, 7) is 2.13. The first-order valence-electron chi connectivity index (χ1n) is 4.18. The van der Waals surface area contributed by atoms with Crippen molar-refractivity contribution in [3.8, 4) is 0 Å². The van der Waals surface area contributed by atoms with E-state index in [0.29, 0.717) is 17.4 Å². The maximum atomic E-state index is 9.18. The summed E-state index contributed by atoms with van der Waals surface area (Å²) in [6.07, 6.45) is 0.991. The monoisotopic (exact) mass is 216 g/mol. The molecule has 3 N–H and O–H groups in total. The molecule has 6 heteroatoms. The van der Waals surface area contributed by atoms with Crippen molar-refractivity contribution in [3.63, 3.8) is 0 Å². The van der Waals surface area contributed by atoms with Crippen molar-refractivity contribution < 1.29 is 5.11 Å². The van der Waals surface area contributed by atoms with Crippen molar-refractivity contribution in [3.05, 3.63) is 11.2 Å². The zero-order valence-electron chi connectivity index (χ0n) is 8.11. The van der Waals surface area contributed by atoms with Gasteiger partial charge in [-0.25, -0.2) is 4.98 Å². The van der Waals surface area contributed by atoms with Gasteiger partial charge in [-0.05, 0) is 6.92 Å². The molecule has 0 aliphatic carbocycles. The van der Waals surface area contributed by atoms with E-state index in [-0.39, 0.29) is 5.95 Å². The summed E-state index contributed by atoms with van der Waals surface area (Å²) in [7, 11) is 1.78. The molecule has 0 aromatic carbocycles. The Bertz CT molecular complexity index is 318. The Hall–Kier alpha value is -1.07. The number of hydrogen-bond acceptors (Lipinski definition) is 5. The highest BCUT2D eigenvalue weighted by molar-refractivity contribution is 6.32. The zero-order chi connectivity index (χ0) is 10.7. The zero-order valence-corrected chi connectivity index (χ0v) is 8.86. The van der Waals surface area contributed by atoms with Crippen molar-refractivity contribution in [1.82, 2.24) is 9.97 Å². The Morgan fingerprint density at radius 3 is 2.93 bits per heavy atom. The molecule has 1 unspecified atom stereocenters. The van der Waals surface area contributed by atoms with Crippen LogP contribution in [-0.2, 0) is 0 Å². The number of aliphatic hydroxyl groups is 1. The smallest absolute Gasteiger partial charge is 0.222 e. The predicted molar refractivity (Wildman–Crippen MR) is 56.4 cm³/mol. The molecule has 0 aliphatic rings. The van der Waals surface area contributed by atoms with E-state index in [1.807, 2.05) is 0 Å². The molecule has 1 heterocycles. The molecule has 1 aromatic rings. The van der Waals surface area contributed by atoms with Gasteiger partial charge in [0, 0.05) is 13.6 Å². The normalized spacial score (nSPS) is 12.6. The number of aliphatic hydroxyl groups excluding tert-OH is 1. The van der Waals surface area contributed by atoms with Crippen molar-refractivity contribution >= 4 is 23.4 Å². The summed E-state index contributed by atoms with van der Waals surface area (Å²) in [5.74, 6) is 0.696. The molecule has 1 rings (SSSR count). The van der Waals surface area contributed by atoms with E-state index < -0.39 is 6.10 Å². The van der Waals surface area contributed by atoms with E-state index in [1.54, 1.807) is 18.9 Å². The molecule has 0 radical (unpaired) electrons. The number of aromatic nitrogens is 2. The second-order valence-electron chi connectivity index (χ2n) is 3.13. The van der Waals surface area contributed by atoms with Crippen LogP contribution in [0, 0.1) is 0 Å². The summed E-state index contributed by atoms with van der Waals surface area (Å²) < 4.78 is 0. The molecule has 14 heavy (non-hydrogen) atoms. The lowest BCUT2D eigenvalue weighted by Gasteiger charge is -2.20. The summed E-state index contributed by atoms with van der Waals surface area (Å²) in [5.41, 5.74) is 5.43. The molecule has 0 fully saturated rings. The number of likely N-dealkylation sites (N-methyl/N-ethyl adjacent to an activating group) is 1. The summed E-state index contributed by atoms with van der Waals surface area (Å²) >= 11 is 5.87. The summed E-state index contributed by atoms with van der Waals surface area (Å²) in [4.78, 5) is 9.45. The van der Waals surface area contributed by atoms with Gasteiger partial charge in [0.05, 0.1) is 12.3 Å². The van der Waals surface area contributed by atoms with Crippen molar-refractivity contribution in [2.24, 2.45) is 0 Å².